The van der Waals surface area contributed by atoms with E-state index in [0.717, 1.165) is 0 Å². The number of para-hydroxylation sites is 1. The molecule has 4 rings (SSSR count). The Labute approximate surface area is 166 Å². The number of nitrogens with two attached hydrogens (primary N) is 1. The summed E-state index contributed by atoms with van der Waals surface area (Å²) in [5.74, 6) is 0.662. The summed E-state index contributed by atoms with van der Waals surface area (Å²) in [6.07, 6.45) is -0.410. The monoisotopic (exact) mass is 422 g/mol. The second-order valence-corrected chi connectivity index (χ2v) is 7.70. The van der Waals surface area contributed by atoms with E-state index in [1.165, 1.54) is 10.8 Å². The van der Waals surface area contributed by atoms with Crippen LogP contribution in [0.1, 0.15) is 18.2 Å². The van der Waals surface area contributed by atoms with Crippen LogP contribution in [0, 0.1) is 0 Å². The van der Waals surface area contributed by atoms with Gasteiger partial charge in [-0.15, -0.1) is 0 Å². The highest BCUT2D eigenvalue weighted by molar-refractivity contribution is 7.33. The molecular weight excluding hydrogens is 402 g/mol. The molecule has 0 spiro atoms. The average Bonchev–Trinajstić information content (AvgIpc) is 3.30. The van der Waals surface area contributed by atoms with Crippen molar-refractivity contribution in [3.05, 3.63) is 54.5 Å². The van der Waals surface area contributed by atoms with Crippen LogP contribution < -0.4 is 10.3 Å². The van der Waals surface area contributed by atoms with Crippen molar-refractivity contribution in [2.75, 3.05) is 19.0 Å². The molecule has 1 unspecified atom stereocenters. The standard InChI is InChI=1S/C18H20FN4O5P/c19-9-18(10-26-29(25)28-12-4-2-1-3-5-12)16(24)8-15(27-18)13-6-7-14-17(20)21-11-22-23(13)14/h1-7,11,15-16,24,29H,8-10H2,(H2,20,21,22)/t15-,16+,18-/m1/s1. The van der Waals surface area contributed by atoms with E-state index in [-0.39, 0.29) is 6.42 Å². The van der Waals surface area contributed by atoms with Crippen molar-refractivity contribution in [2.24, 2.45) is 0 Å². The third-order valence-corrected chi connectivity index (χ3v) is 5.65. The molecule has 0 bridgehead atoms. The normalized spacial score (nSPS) is 25.3. The molecule has 1 fully saturated rings. The van der Waals surface area contributed by atoms with Gasteiger partial charge in [-0.05, 0) is 24.3 Å². The van der Waals surface area contributed by atoms with E-state index in [1.807, 2.05) is 0 Å². The molecule has 0 radical (unpaired) electrons. The Morgan fingerprint density at radius 2 is 2.14 bits per heavy atom. The van der Waals surface area contributed by atoms with Crippen LogP contribution in [-0.4, -0.2) is 44.7 Å². The Morgan fingerprint density at radius 1 is 1.34 bits per heavy atom. The van der Waals surface area contributed by atoms with E-state index in [4.69, 9.17) is 19.5 Å². The third-order valence-electron chi connectivity index (χ3n) is 4.87. The number of rotatable bonds is 7. The van der Waals surface area contributed by atoms with Crippen LogP contribution in [0.15, 0.2) is 48.8 Å². The summed E-state index contributed by atoms with van der Waals surface area (Å²) in [6.45, 7) is -1.45. The molecule has 0 aliphatic carbocycles. The fourth-order valence-electron chi connectivity index (χ4n) is 3.31. The second-order valence-electron chi connectivity index (χ2n) is 6.71. The van der Waals surface area contributed by atoms with Crippen molar-refractivity contribution in [1.82, 2.24) is 14.6 Å². The summed E-state index contributed by atoms with van der Waals surface area (Å²) in [4.78, 5) is 3.92. The number of fused-ring (bicyclic) bond motifs is 1. The van der Waals surface area contributed by atoms with Gasteiger partial charge in [-0.25, -0.2) is 18.5 Å². The maximum atomic E-state index is 13.9. The minimum atomic E-state index is -2.96. The SMILES string of the molecule is Nc1ncnn2c([C@H]3C[C@H](O)[C@@](CF)(CO[PH](=O)Oc4ccccc4)O3)ccc12. The van der Waals surface area contributed by atoms with Gasteiger partial charge in [0.2, 0.25) is 0 Å². The average molecular weight is 422 g/mol. The minimum Gasteiger partial charge on any atom is -0.426 e. The van der Waals surface area contributed by atoms with Crippen LogP contribution in [0.2, 0.25) is 0 Å². The number of nitrogens with zero attached hydrogens (tertiary/aromatic N) is 3. The zero-order chi connectivity index (χ0) is 20.4. The highest BCUT2D eigenvalue weighted by Gasteiger charge is 2.50. The van der Waals surface area contributed by atoms with E-state index in [0.29, 0.717) is 22.8 Å². The number of anilines is 1. The van der Waals surface area contributed by atoms with Gasteiger partial charge in [0.05, 0.1) is 18.4 Å². The van der Waals surface area contributed by atoms with Gasteiger partial charge in [0.15, 0.2) is 5.82 Å². The molecule has 3 aromatic rings. The number of benzene rings is 1. The van der Waals surface area contributed by atoms with Crippen LogP contribution in [0.5, 0.6) is 5.75 Å². The summed E-state index contributed by atoms with van der Waals surface area (Å²) in [6, 6.07) is 11.9. The molecule has 1 saturated heterocycles. The van der Waals surface area contributed by atoms with Crippen LogP contribution in [0.25, 0.3) is 5.52 Å². The highest BCUT2D eigenvalue weighted by atomic mass is 31.1. The van der Waals surface area contributed by atoms with Crippen molar-refractivity contribution < 1.29 is 27.8 Å². The number of alkyl halides is 1. The zero-order valence-corrected chi connectivity index (χ0v) is 16.3. The summed E-state index contributed by atoms with van der Waals surface area (Å²) >= 11 is 0. The molecule has 1 aliphatic rings. The molecule has 4 atom stereocenters. The van der Waals surface area contributed by atoms with Crippen molar-refractivity contribution in [1.29, 1.82) is 0 Å². The number of ether oxygens (including phenoxy) is 1. The Kier molecular flexibility index (Phi) is 5.51. The molecule has 1 aromatic carbocycles. The minimum absolute atomic E-state index is 0.115. The lowest BCUT2D eigenvalue weighted by atomic mass is 9.98. The van der Waals surface area contributed by atoms with Gasteiger partial charge in [0.1, 0.15) is 36.0 Å². The lowest BCUT2D eigenvalue weighted by Gasteiger charge is -2.28. The quantitative estimate of drug-likeness (QED) is 0.557. The van der Waals surface area contributed by atoms with Gasteiger partial charge in [-0.1, -0.05) is 18.2 Å². The van der Waals surface area contributed by atoms with Gasteiger partial charge in [-0.2, -0.15) is 5.10 Å². The van der Waals surface area contributed by atoms with Crippen molar-refractivity contribution in [3.63, 3.8) is 0 Å². The molecule has 29 heavy (non-hydrogen) atoms. The van der Waals surface area contributed by atoms with Gasteiger partial charge in [-0.3, -0.25) is 4.52 Å². The van der Waals surface area contributed by atoms with Crippen LogP contribution in [0.3, 0.4) is 0 Å². The smallest absolute Gasteiger partial charge is 0.367 e. The molecule has 154 valence electrons. The number of aromatic nitrogens is 3. The van der Waals surface area contributed by atoms with E-state index in [2.05, 4.69) is 10.1 Å². The Bertz CT molecular complexity index is 1020. The number of nitrogen functional groups attached to an aromatic ring is 1. The maximum Gasteiger partial charge on any atom is 0.367 e. The first-order chi connectivity index (χ1) is 14.0. The first-order valence-electron chi connectivity index (χ1n) is 8.92. The van der Waals surface area contributed by atoms with Crippen molar-refractivity contribution in [3.8, 4) is 5.75 Å². The van der Waals surface area contributed by atoms with Gasteiger partial charge < -0.3 is 20.1 Å². The van der Waals surface area contributed by atoms with E-state index < -0.39 is 39.3 Å². The molecule has 2 aromatic heterocycles. The Balaban J connectivity index is 1.47. The first-order valence-corrected chi connectivity index (χ1v) is 10.1. The maximum absolute atomic E-state index is 13.9. The van der Waals surface area contributed by atoms with E-state index in [1.54, 1.807) is 42.5 Å². The van der Waals surface area contributed by atoms with Crippen LogP contribution in [0.4, 0.5) is 10.2 Å². The van der Waals surface area contributed by atoms with E-state index in [9.17, 15) is 14.1 Å². The van der Waals surface area contributed by atoms with Crippen LogP contribution in [-0.2, 0) is 13.8 Å². The predicted octanol–water partition coefficient (Wildman–Crippen LogP) is 2.33. The Morgan fingerprint density at radius 3 is 2.90 bits per heavy atom. The molecule has 0 amide bonds. The fraction of sp³-hybridized carbons (Fsp3) is 0.333. The largest absolute Gasteiger partial charge is 0.426 e. The van der Waals surface area contributed by atoms with Crippen LogP contribution >= 0.6 is 8.25 Å². The summed E-state index contributed by atoms with van der Waals surface area (Å²) in [5.41, 5.74) is 5.35. The van der Waals surface area contributed by atoms with Gasteiger partial charge in [0, 0.05) is 6.42 Å². The number of hydrogen-bond donors (Lipinski definition) is 2. The van der Waals surface area contributed by atoms with Crippen molar-refractivity contribution in [2.45, 2.75) is 24.2 Å². The number of hydrogen-bond acceptors (Lipinski definition) is 8. The molecule has 11 heteroatoms. The number of aliphatic hydroxyl groups is 1. The molecule has 3 heterocycles. The van der Waals surface area contributed by atoms with Crippen molar-refractivity contribution >= 4 is 19.6 Å². The van der Waals surface area contributed by atoms with Gasteiger partial charge >= 0.3 is 8.25 Å². The fourth-order valence-corrected chi connectivity index (χ4v) is 4.06. The summed E-state index contributed by atoms with van der Waals surface area (Å²) in [5, 5.41) is 14.6. The predicted molar refractivity (Wildman–Crippen MR) is 103 cm³/mol. The summed E-state index contributed by atoms with van der Waals surface area (Å²) < 4.78 is 43.8. The highest BCUT2D eigenvalue weighted by Crippen LogP contribution is 2.42. The molecule has 0 saturated carbocycles. The molecule has 3 N–H and O–H groups in total. The van der Waals surface area contributed by atoms with E-state index >= 15 is 0 Å². The summed E-state index contributed by atoms with van der Waals surface area (Å²) in [7, 11) is -2.96. The molecular formula is C18H20FN4O5P. The lowest BCUT2D eigenvalue weighted by Crippen LogP contribution is -2.45. The topological polar surface area (TPSA) is 121 Å². The second kappa shape index (κ2) is 8.08. The zero-order valence-electron chi connectivity index (χ0n) is 15.3. The number of aliphatic hydroxyl groups excluding tert-OH is 1. The lowest BCUT2D eigenvalue weighted by molar-refractivity contribution is -0.118. The molecule has 9 nitrogen and oxygen atoms in total. The first kappa shape index (κ1) is 19.8. The van der Waals surface area contributed by atoms with Gasteiger partial charge in [0.25, 0.3) is 0 Å². The molecule has 1 aliphatic heterocycles. The number of halogens is 1. The Hall–Kier alpha value is -2.52. The third kappa shape index (κ3) is 3.84.